The van der Waals surface area contributed by atoms with E-state index in [4.69, 9.17) is 0 Å². The molecule has 0 radical (unpaired) electrons. The Balaban J connectivity index is 2.42. The molecular weight excluding hydrogens is 337 g/mol. The number of anilines is 1. The molecular formula is C11H16INO2S. The molecule has 0 fully saturated rings. The van der Waals surface area contributed by atoms with Crippen LogP contribution in [0.25, 0.3) is 0 Å². The molecule has 0 saturated carbocycles. The molecule has 0 heterocycles. The van der Waals surface area contributed by atoms with Crippen molar-refractivity contribution in [2.75, 3.05) is 23.4 Å². The monoisotopic (exact) mass is 353 g/mol. The fourth-order valence-electron chi connectivity index (χ4n) is 1.36. The van der Waals surface area contributed by atoms with Gasteiger partial charge in [0.25, 0.3) is 0 Å². The zero-order valence-corrected chi connectivity index (χ0v) is 12.2. The normalized spacial score (nSPS) is 11.4. The molecule has 0 unspecified atom stereocenters. The highest BCUT2D eigenvalue weighted by Crippen LogP contribution is 2.11. The summed E-state index contributed by atoms with van der Waals surface area (Å²) in [6.07, 6.45) is 0.686. The van der Waals surface area contributed by atoms with Crippen LogP contribution in [0.5, 0.6) is 0 Å². The summed E-state index contributed by atoms with van der Waals surface area (Å²) in [7, 11) is -2.88. The smallest absolute Gasteiger partial charge is 0.152 e. The molecule has 1 rings (SSSR count). The molecule has 90 valence electrons. The van der Waals surface area contributed by atoms with Crippen LogP contribution in [0.4, 0.5) is 5.69 Å². The second-order valence-electron chi connectivity index (χ2n) is 3.59. The Morgan fingerprint density at radius 3 is 2.69 bits per heavy atom. The summed E-state index contributed by atoms with van der Waals surface area (Å²) >= 11 is 2.23. The van der Waals surface area contributed by atoms with Gasteiger partial charge in [-0.25, -0.2) is 8.42 Å². The summed E-state index contributed by atoms with van der Waals surface area (Å²) in [4.78, 5) is 0. The third kappa shape index (κ3) is 5.16. The van der Waals surface area contributed by atoms with Crippen molar-refractivity contribution < 1.29 is 8.42 Å². The molecule has 0 aliphatic heterocycles. The highest BCUT2D eigenvalue weighted by molar-refractivity contribution is 14.1. The van der Waals surface area contributed by atoms with Crippen molar-refractivity contribution in [3.05, 3.63) is 27.8 Å². The van der Waals surface area contributed by atoms with Gasteiger partial charge in [0.05, 0.1) is 5.75 Å². The van der Waals surface area contributed by atoms with Gasteiger partial charge in [0.2, 0.25) is 0 Å². The van der Waals surface area contributed by atoms with Crippen LogP contribution in [-0.2, 0) is 9.84 Å². The lowest BCUT2D eigenvalue weighted by molar-refractivity contribution is 0.595. The molecule has 1 aromatic carbocycles. The highest BCUT2D eigenvalue weighted by Gasteiger charge is 2.08. The summed E-state index contributed by atoms with van der Waals surface area (Å²) in [5.41, 5.74) is 0.971. The fraction of sp³-hybridized carbons (Fsp3) is 0.455. The first-order valence-electron chi connectivity index (χ1n) is 5.23. The molecule has 0 atom stereocenters. The molecule has 16 heavy (non-hydrogen) atoms. The van der Waals surface area contributed by atoms with Crippen molar-refractivity contribution in [3.63, 3.8) is 0 Å². The molecule has 0 aliphatic carbocycles. The first-order valence-corrected chi connectivity index (χ1v) is 8.13. The van der Waals surface area contributed by atoms with E-state index in [1.807, 2.05) is 31.2 Å². The Labute approximate surface area is 111 Å². The Bertz CT molecular complexity index is 431. The number of halogens is 1. The summed E-state index contributed by atoms with van der Waals surface area (Å²) in [5, 5.41) is 3.12. The van der Waals surface area contributed by atoms with E-state index in [1.54, 1.807) is 0 Å². The van der Waals surface area contributed by atoms with Gasteiger partial charge in [-0.05, 0) is 47.2 Å². The number of hydrogen-bond acceptors (Lipinski definition) is 3. The van der Waals surface area contributed by atoms with Gasteiger partial charge >= 0.3 is 0 Å². The molecule has 3 nitrogen and oxygen atoms in total. The van der Waals surface area contributed by atoms with E-state index in [0.717, 1.165) is 9.26 Å². The van der Waals surface area contributed by atoms with E-state index >= 15 is 0 Å². The second-order valence-corrected chi connectivity index (χ2v) is 7.14. The summed E-state index contributed by atoms with van der Waals surface area (Å²) in [6.45, 7) is 2.35. The molecule has 0 bridgehead atoms. The van der Waals surface area contributed by atoms with E-state index in [2.05, 4.69) is 27.9 Å². The number of nitrogens with one attached hydrogen (secondary N) is 1. The van der Waals surface area contributed by atoms with Gasteiger partial charge in [-0.3, -0.25) is 0 Å². The minimum absolute atomic E-state index is 0.201. The molecule has 0 amide bonds. The van der Waals surface area contributed by atoms with Gasteiger partial charge in [0, 0.05) is 21.6 Å². The average molecular weight is 353 g/mol. The van der Waals surface area contributed by atoms with Crippen molar-refractivity contribution in [2.24, 2.45) is 0 Å². The van der Waals surface area contributed by atoms with Crippen molar-refractivity contribution >= 4 is 38.1 Å². The van der Waals surface area contributed by atoms with Gasteiger partial charge < -0.3 is 5.32 Å². The molecule has 1 N–H and O–H groups in total. The second kappa shape index (κ2) is 6.44. The minimum Gasteiger partial charge on any atom is -0.384 e. The topological polar surface area (TPSA) is 46.2 Å². The van der Waals surface area contributed by atoms with Gasteiger partial charge in [0.1, 0.15) is 0 Å². The predicted molar refractivity (Wildman–Crippen MR) is 76.6 cm³/mol. The maximum atomic E-state index is 11.4. The fourth-order valence-corrected chi connectivity index (χ4v) is 3.14. The van der Waals surface area contributed by atoms with Crippen molar-refractivity contribution in [1.29, 1.82) is 0 Å². The third-order valence-electron chi connectivity index (χ3n) is 2.08. The Morgan fingerprint density at radius 1 is 1.31 bits per heavy atom. The van der Waals surface area contributed by atoms with E-state index in [9.17, 15) is 8.42 Å². The van der Waals surface area contributed by atoms with Gasteiger partial charge in [-0.2, -0.15) is 0 Å². The van der Waals surface area contributed by atoms with Crippen molar-refractivity contribution in [2.45, 2.75) is 13.3 Å². The zero-order chi connectivity index (χ0) is 12.0. The Kier molecular flexibility index (Phi) is 5.54. The lowest BCUT2D eigenvalue weighted by atomic mass is 10.3. The number of benzene rings is 1. The SMILES string of the molecule is CCCS(=O)(=O)CCNc1cccc(I)c1. The van der Waals surface area contributed by atoms with Crippen molar-refractivity contribution in [1.82, 2.24) is 0 Å². The van der Waals surface area contributed by atoms with Crippen LogP contribution >= 0.6 is 22.6 Å². The molecule has 5 heteroatoms. The number of sulfone groups is 1. The van der Waals surface area contributed by atoms with Crippen LogP contribution in [0.2, 0.25) is 0 Å². The summed E-state index contributed by atoms with van der Waals surface area (Å²) in [6, 6.07) is 7.88. The molecule has 1 aromatic rings. The van der Waals surface area contributed by atoms with Gasteiger partial charge in [0.15, 0.2) is 9.84 Å². The molecule has 0 saturated heterocycles. The van der Waals surface area contributed by atoms with E-state index in [0.29, 0.717) is 13.0 Å². The largest absolute Gasteiger partial charge is 0.384 e. The lowest BCUT2D eigenvalue weighted by Crippen LogP contribution is -2.18. The van der Waals surface area contributed by atoms with Gasteiger partial charge in [-0.15, -0.1) is 0 Å². The van der Waals surface area contributed by atoms with Crippen LogP contribution < -0.4 is 5.32 Å². The number of hydrogen-bond donors (Lipinski definition) is 1. The first kappa shape index (κ1) is 13.8. The molecule has 0 aliphatic rings. The summed E-state index contributed by atoms with van der Waals surface area (Å²) in [5.74, 6) is 0.479. The Hall–Kier alpha value is -0.300. The number of rotatable bonds is 6. The maximum absolute atomic E-state index is 11.4. The van der Waals surface area contributed by atoms with Gasteiger partial charge in [-0.1, -0.05) is 13.0 Å². The Morgan fingerprint density at radius 2 is 2.06 bits per heavy atom. The van der Waals surface area contributed by atoms with Crippen LogP contribution in [0.3, 0.4) is 0 Å². The maximum Gasteiger partial charge on any atom is 0.152 e. The van der Waals surface area contributed by atoms with Crippen LogP contribution in [0.1, 0.15) is 13.3 Å². The predicted octanol–water partition coefficient (Wildman–Crippen LogP) is 2.53. The van der Waals surface area contributed by atoms with Crippen molar-refractivity contribution in [3.8, 4) is 0 Å². The standard InChI is InChI=1S/C11H16INO2S/c1-2-7-16(14,15)8-6-13-11-5-3-4-10(12)9-11/h3-5,9,13H,2,6-8H2,1H3. The molecule has 0 aromatic heterocycles. The zero-order valence-electron chi connectivity index (χ0n) is 9.24. The van der Waals surface area contributed by atoms with E-state index in [1.165, 1.54) is 0 Å². The quantitative estimate of drug-likeness (QED) is 0.800. The lowest BCUT2D eigenvalue weighted by Gasteiger charge is -2.07. The molecule has 0 spiro atoms. The van der Waals surface area contributed by atoms with Crippen LogP contribution in [0, 0.1) is 3.57 Å². The third-order valence-corrected chi connectivity index (χ3v) is 4.61. The minimum atomic E-state index is -2.88. The van der Waals surface area contributed by atoms with Crippen LogP contribution in [0.15, 0.2) is 24.3 Å². The first-order chi connectivity index (χ1) is 7.53. The highest BCUT2D eigenvalue weighted by atomic mass is 127. The summed E-state index contributed by atoms with van der Waals surface area (Å²) < 4.78 is 24.0. The average Bonchev–Trinajstić information content (AvgIpc) is 2.17. The van der Waals surface area contributed by atoms with E-state index in [-0.39, 0.29) is 11.5 Å². The van der Waals surface area contributed by atoms with E-state index < -0.39 is 9.84 Å². The van der Waals surface area contributed by atoms with Crippen LogP contribution in [-0.4, -0.2) is 26.5 Å².